The number of nitrogens with zero attached hydrogens (tertiary/aromatic N) is 4. The van der Waals surface area contributed by atoms with E-state index in [4.69, 9.17) is 5.73 Å². The van der Waals surface area contributed by atoms with Crippen LogP contribution in [0.4, 0.5) is 17.3 Å². The van der Waals surface area contributed by atoms with Crippen LogP contribution in [0.1, 0.15) is 34.5 Å². The number of pyridine rings is 1. The SMILES string of the molecule is Cc1cc(Nc2ncnc(N)c2C)c(=O)n2c1C(=O)NC21CCN(C)CC1. The summed E-state index contributed by atoms with van der Waals surface area (Å²) >= 11 is 0. The smallest absolute Gasteiger partial charge is 0.276 e. The summed E-state index contributed by atoms with van der Waals surface area (Å²) in [4.78, 5) is 36.3. The van der Waals surface area contributed by atoms with E-state index in [1.54, 1.807) is 17.6 Å². The number of hydrogen-bond acceptors (Lipinski definition) is 7. The zero-order valence-electron chi connectivity index (χ0n) is 15.7. The monoisotopic (exact) mass is 369 g/mol. The number of nitrogen functional groups attached to an aromatic ring is 1. The minimum Gasteiger partial charge on any atom is -0.383 e. The van der Waals surface area contributed by atoms with Crippen LogP contribution in [0.25, 0.3) is 0 Å². The molecule has 9 nitrogen and oxygen atoms in total. The molecule has 4 heterocycles. The second kappa shape index (κ2) is 6.05. The van der Waals surface area contributed by atoms with Crippen molar-refractivity contribution < 1.29 is 4.79 Å². The Bertz CT molecular complexity index is 990. The van der Waals surface area contributed by atoms with Crippen LogP contribution >= 0.6 is 0 Å². The third-order valence-electron chi connectivity index (χ3n) is 5.57. The van der Waals surface area contributed by atoms with E-state index in [-0.39, 0.29) is 11.5 Å². The maximum Gasteiger partial charge on any atom is 0.276 e. The van der Waals surface area contributed by atoms with E-state index in [2.05, 4.69) is 25.5 Å². The van der Waals surface area contributed by atoms with Gasteiger partial charge in [-0.3, -0.25) is 14.2 Å². The van der Waals surface area contributed by atoms with Crippen LogP contribution in [-0.2, 0) is 5.66 Å². The lowest BCUT2D eigenvalue weighted by molar-refractivity contribution is 0.0799. The summed E-state index contributed by atoms with van der Waals surface area (Å²) in [7, 11) is 2.04. The van der Waals surface area contributed by atoms with Gasteiger partial charge in [0.2, 0.25) is 0 Å². The summed E-state index contributed by atoms with van der Waals surface area (Å²) in [6.07, 6.45) is 2.72. The number of aryl methyl sites for hydroxylation is 1. The molecule has 2 aliphatic heterocycles. The molecule has 0 unspecified atom stereocenters. The zero-order valence-corrected chi connectivity index (χ0v) is 15.7. The molecule has 2 aromatic heterocycles. The van der Waals surface area contributed by atoms with Crippen molar-refractivity contribution >= 4 is 23.2 Å². The Labute approximate surface area is 156 Å². The molecule has 4 N–H and O–H groups in total. The Balaban J connectivity index is 1.83. The van der Waals surface area contributed by atoms with Gasteiger partial charge in [0.05, 0.1) is 0 Å². The molecule has 0 aliphatic carbocycles. The lowest BCUT2D eigenvalue weighted by Crippen LogP contribution is -2.53. The van der Waals surface area contributed by atoms with Crippen molar-refractivity contribution in [3.63, 3.8) is 0 Å². The average Bonchev–Trinajstić information content (AvgIpc) is 2.92. The average molecular weight is 369 g/mol. The predicted molar refractivity (Wildman–Crippen MR) is 102 cm³/mol. The minimum absolute atomic E-state index is 0.192. The highest BCUT2D eigenvalue weighted by atomic mass is 16.2. The van der Waals surface area contributed by atoms with Crippen LogP contribution < -0.4 is 21.9 Å². The molecule has 2 aliphatic rings. The number of fused-ring (bicyclic) bond motifs is 2. The highest BCUT2D eigenvalue weighted by Crippen LogP contribution is 2.34. The number of anilines is 3. The van der Waals surface area contributed by atoms with Gasteiger partial charge in [-0.05, 0) is 32.5 Å². The number of nitrogens with two attached hydrogens (primary N) is 1. The Hall–Kier alpha value is -2.94. The van der Waals surface area contributed by atoms with Crippen molar-refractivity contribution in [2.75, 3.05) is 31.2 Å². The molecule has 2 aromatic rings. The zero-order chi connectivity index (χ0) is 19.3. The fourth-order valence-electron chi connectivity index (χ4n) is 3.90. The van der Waals surface area contributed by atoms with Gasteiger partial charge >= 0.3 is 0 Å². The Morgan fingerprint density at radius 2 is 1.93 bits per heavy atom. The molecule has 27 heavy (non-hydrogen) atoms. The second-order valence-electron chi connectivity index (χ2n) is 7.38. The van der Waals surface area contributed by atoms with Crippen LogP contribution in [0.5, 0.6) is 0 Å². The van der Waals surface area contributed by atoms with Gasteiger partial charge in [-0.15, -0.1) is 0 Å². The first-order valence-corrected chi connectivity index (χ1v) is 8.95. The molecule has 0 aromatic carbocycles. The quantitative estimate of drug-likeness (QED) is 0.713. The Morgan fingerprint density at radius 3 is 2.63 bits per heavy atom. The minimum atomic E-state index is -0.668. The lowest BCUT2D eigenvalue weighted by atomic mass is 9.97. The van der Waals surface area contributed by atoms with Crippen molar-refractivity contribution in [3.05, 3.63) is 39.6 Å². The summed E-state index contributed by atoms with van der Waals surface area (Å²) in [5, 5.41) is 6.16. The first-order valence-electron chi connectivity index (χ1n) is 8.95. The number of carbonyl (C=O) groups is 1. The van der Waals surface area contributed by atoms with E-state index in [1.165, 1.54) is 6.33 Å². The van der Waals surface area contributed by atoms with Crippen LogP contribution in [0, 0.1) is 13.8 Å². The highest BCUT2D eigenvalue weighted by Gasteiger charge is 2.46. The van der Waals surface area contributed by atoms with Gasteiger partial charge in [0.25, 0.3) is 11.5 Å². The van der Waals surface area contributed by atoms with Gasteiger partial charge in [-0.2, -0.15) is 0 Å². The molecule has 0 radical (unpaired) electrons. The molecule has 1 spiro atoms. The third-order valence-corrected chi connectivity index (χ3v) is 5.57. The normalized spacial score (nSPS) is 18.4. The van der Waals surface area contributed by atoms with Gasteiger partial charge in [-0.1, -0.05) is 0 Å². The largest absolute Gasteiger partial charge is 0.383 e. The van der Waals surface area contributed by atoms with Gasteiger partial charge in [-0.25, -0.2) is 9.97 Å². The van der Waals surface area contributed by atoms with Crippen LogP contribution in [0.3, 0.4) is 0 Å². The predicted octanol–water partition coefficient (Wildman–Crippen LogP) is 0.703. The van der Waals surface area contributed by atoms with Gasteiger partial charge < -0.3 is 21.3 Å². The maximum atomic E-state index is 13.3. The molecular weight excluding hydrogens is 346 g/mol. The maximum absolute atomic E-state index is 13.3. The number of likely N-dealkylation sites (tertiary alicyclic amines) is 1. The number of piperidine rings is 1. The van der Waals surface area contributed by atoms with Gasteiger partial charge in [0, 0.05) is 31.5 Å². The summed E-state index contributed by atoms with van der Waals surface area (Å²) in [6, 6.07) is 1.69. The number of amides is 1. The fraction of sp³-hybridized carbons (Fsp3) is 0.444. The molecule has 4 rings (SSSR count). The van der Waals surface area contributed by atoms with Gasteiger partial charge in [0.1, 0.15) is 35.0 Å². The van der Waals surface area contributed by atoms with Crippen molar-refractivity contribution in [2.24, 2.45) is 0 Å². The number of aromatic nitrogens is 3. The van der Waals surface area contributed by atoms with E-state index in [0.717, 1.165) is 18.7 Å². The number of carbonyl (C=O) groups excluding carboxylic acids is 1. The van der Waals surface area contributed by atoms with Crippen LogP contribution in [-0.4, -0.2) is 45.5 Å². The molecular formula is C18H23N7O2. The third kappa shape index (κ3) is 2.66. The van der Waals surface area contributed by atoms with E-state index in [1.807, 2.05) is 14.0 Å². The standard InChI is InChI=1S/C18H23N7O2/c1-10-8-12(22-15-11(2)14(19)20-9-21-15)17(27)25-13(10)16(26)23-18(25)4-6-24(3)7-5-18/h8-9H,4-7H2,1-3H3,(H,23,26)(H3,19,20,21,22). The molecule has 1 amide bonds. The lowest BCUT2D eigenvalue weighted by Gasteiger charge is -2.39. The molecule has 1 saturated heterocycles. The molecule has 0 bridgehead atoms. The van der Waals surface area contributed by atoms with Crippen molar-refractivity contribution in [2.45, 2.75) is 32.4 Å². The van der Waals surface area contributed by atoms with E-state index >= 15 is 0 Å². The first-order chi connectivity index (χ1) is 12.8. The Morgan fingerprint density at radius 1 is 1.22 bits per heavy atom. The topological polar surface area (TPSA) is 118 Å². The highest BCUT2D eigenvalue weighted by molar-refractivity contribution is 5.97. The van der Waals surface area contributed by atoms with Crippen LogP contribution in [0.2, 0.25) is 0 Å². The summed E-state index contributed by atoms with van der Waals surface area (Å²) < 4.78 is 1.64. The molecule has 0 atom stereocenters. The van der Waals surface area contributed by atoms with E-state index in [0.29, 0.717) is 41.4 Å². The Kier molecular flexibility index (Phi) is 3.92. The number of hydrogen-bond donors (Lipinski definition) is 3. The molecule has 1 fully saturated rings. The molecule has 142 valence electrons. The van der Waals surface area contributed by atoms with Crippen molar-refractivity contribution in [3.8, 4) is 0 Å². The number of rotatable bonds is 2. The van der Waals surface area contributed by atoms with Crippen molar-refractivity contribution in [1.29, 1.82) is 0 Å². The first kappa shape index (κ1) is 17.5. The van der Waals surface area contributed by atoms with Gasteiger partial charge in [0.15, 0.2) is 0 Å². The van der Waals surface area contributed by atoms with E-state index in [9.17, 15) is 9.59 Å². The van der Waals surface area contributed by atoms with Crippen LogP contribution in [0.15, 0.2) is 17.2 Å². The second-order valence-corrected chi connectivity index (χ2v) is 7.38. The fourth-order valence-corrected chi connectivity index (χ4v) is 3.90. The molecule has 0 saturated carbocycles. The van der Waals surface area contributed by atoms with Crippen molar-refractivity contribution in [1.82, 2.24) is 24.8 Å². The number of nitrogens with one attached hydrogen (secondary N) is 2. The van der Waals surface area contributed by atoms with E-state index < -0.39 is 5.66 Å². The summed E-state index contributed by atoms with van der Waals surface area (Å²) in [5.74, 6) is 0.645. The molecule has 9 heteroatoms. The summed E-state index contributed by atoms with van der Waals surface area (Å²) in [5.41, 5.74) is 7.15. The summed E-state index contributed by atoms with van der Waals surface area (Å²) in [6.45, 7) is 5.25.